The first-order chi connectivity index (χ1) is 16.0. The van der Waals surface area contributed by atoms with Crippen LogP contribution in [-0.4, -0.2) is 23.3 Å². The molecule has 0 bridgehead atoms. The molecule has 1 aliphatic heterocycles. The summed E-state index contributed by atoms with van der Waals surface area (Å²) >= 11 is 6.16. The molecule has 4 nitrogen and oxygen atoms in total. The van der Waals surface area contributed by atoms with Gasteiger partial charge in [0.25, 0.3) is 0 Å². The van der Waals surface area contributed by atoms with Crippen LogP contribution < -0.4 is 5.32 Å². The van der Waals surface area contributed by atoms with Crippen LogP contribution in [0.15, 0.2) is 72.8 Å². The highest BCUT2D eigenvalue weighted by atomic mass is 35.5. The molecule has 2 aliphatic rings. The molecule has 5 heteroatoms. The highest BCUT2D eigenvalue weighted by molar-refractivity contribution is 6.30. The van der Waals surface area contributed by atoms with E-state index in [-0.39, 0.29) is 24.4 Å². The average Bonchev–Trinajstić information content (AvgIpc) is 3.27. The molecule has 0 radical (unpaired) electrons. The molecular formula is C28H27ClN2O2. The number of anilines is 1. The maximum atomic E-state index is 14.5. The molecule has 1 aliphatic carbocycles. The molecular weight excluding hydrogens is 432 g/mol. The molecule has 3 aromatic carbocycles. The van der Waals surface area contributed by atoms with Gasteiger partial charge in [-0.25, -0.2) is 0 Å². The van der Waals surface area contributed by atoms with E-state index in [0.717, 1.165) is 53.6 Å². The summed E-state index contributed by atoms with van der Waals surface area (Å²) in [5.41, 5.74) is 4.14. The molecule has 0 aromatic heterocycles. The largest absolute Gasteiger partial charge is 0.324 e. The fourth-order valence-corrected chi connectivity index (χ4v) is 5.58. The zero-order valence-electron chi connectivity index (χ0n) is 18.7. The Hall–Kier alpha value is -3.11. The highest BCUT2D eigenvalue weighted by Crippen LogP contribution is 2.46. The van der Waals surface area contributed by atoms with Gasteiger partial charge in [-0.1, -0.05) is 84.6 Å². The summed E-state index contributed by atoms with van der Waals surface area (Å²) in [6.07, 6.45) is 3.52. The molecule has 1 saturated carbocycles. The standard InChI is InChI=1S/C28H27ClN2O2/c1-19-9-14-24-23(17-19)26(20-7-3-2-4-8-20)31(18-25(32)30-24)27(33)28(15-5-6-16-28)21-10-12-22(29)13-11-21/h2-4,7-14,17,26H,5-6,15-16,18H2,1H3,(H,30,32). The van der Waals surface area contributed by atoms with Crippen LogP contribution in [0.3, 0.4) is 0 Å². The highest BCUT2D eigenvalue weighted by Gasteiger charge is 2.48. The fraction of sp³-hybridized carbons (Fsp3) is 0.286. The predicted molar refractivity (Wildman–Crippen MR) is 131 cm³/mol. The number of carbonyl (C=O) groups excluding carboxylic acids is 2. The van der Waals surface area contributed by atoms with Crippen LogP contribution in [0.5, 0.6) is 0 Å². The average molecular weight is 459 g/mol. The molecule has 1 N–H and O–H groups in total. The van der Waals surface area contributed by atoms with E-state index in [9.17, 15) is 9.59 Å². The zero-order valence-corrected chi connectivity index (χ0v) is 19.4. The van der Waals surface area contributed by atoms with Crippen molar-refractivity contribution in [3.05, 3.63) is 100 Å². The topological polar surface area (TPSA) is 49.4 Å². The first-order valence-electron chi connectivity index (χ1n) is 11.5. The molecule has 168 valence electrons. The first-order valence-corrected chi connectivity index (χ1v) is 11.9. The van der Waals surface area contributed by atoms with E-state index < -0.39 is 5.41 Å². The Morgan fingerprint density at radius 3 is 2.39 bits per heavy atom. The molecule has 0 saturated heterocycles. The second-order valence-corrected chi connectivity index (χ2v) is 9.62. The van der Waals surface area contributed by atoms with Crippen molar-refractivity contribution in [2.24, 2.45) is 0 Å². The summed E-state index contributed by atoms with van der Waals surface area (Å²) in [6.45, 7) is 2.05. The lowest BCUT2D eigenvalue weighted by Gasteiger charge is -2.38. The number of carbonyl (C=O) groups is 2. The molecule has 1 fully saturated rings. The summed E-state index contributed by atoms with van der Waals surface area (Å²) < 4.78 is 0. The number of rotatable bonds is 3. The Bertz CT molecular complexity index is 1180. The minimum atomic E-state index is -0.647. The maximum absolute atomic E-state index is 14.5. The van der Waals surface area contributed by atoms with Gasteiger partial charge in [-0.15, -0.1) is 0 Å². The van der Waals surface area contributed by atoms with E-state index in [4.69, 9.17) is 11.6 Å². The normalized spacial score (nSPS) is 19.5. The molecule has 33 heavy (non-hydrogen) atoms. The lowest BCUT2D eigenvalue weighted by atomic mass is 9.76. The van der Waals surface area contributed by atoms with E-state index in [1.54, 1.807) is 4.90 Å². The van der Waals surface area contributed by atoms with Gasteiger partial charge in [0.2, 0.25) is 11.8 Å². The molecule has 2 amide bonds. The van der Waals surface area contributed by atoms with E-state index in [0.29, 0.717) is 5.02 Å². The Morgan fingerprint density at radius 1 is 1.00 bits per heavy atom. The third-order valence-corrected chi connectivity index (χ3v) is 7.29. The number of halogens is 1. The maximum Gasteiger partial charge on any atom is 0.244 e. The monoisotopic (exact) mass is 458 g/mol. The minimum Gasteiger partial charge on any atom is -0.324 e. The molecule has 1 atom stereocenters. The third-order valence-electron chi connectivity index (χ3n) is 7.04. The van der Waals surface area contributed by atoms with Gasteiger partial charge in [0.15, 0.2) is 0 Å². The second kappa shape index (κ2) is 8.68. The number of nitrogens with zero attached hydrogens (tertiary/aromatic N) is 1. The van der Waals surface area contributed by atoms with Gasteiger partial charge in [-0.2, -0.15) is 0 Å². The Balaban J connectivity index is 1.67. The second-order valence-electron chi connectivity index (χ2n) is 9.18. The van der Waals surface area contributed by atoms with Gasteiger partial charge < -0.3 is 10.2 Å². The summed E-state index contributed by atoms with van der Waals surface area (Å²) in [6, 6.07) is 23.3. The zero-order chi connectivity index (χ0) is 23.0. The lowest BCUT2D eigenvalue weighted by molar-refractivity contribution is -0.141. The SMILES string of the molecule is Cc1ccc2c(c1)C(c1ccccc1)N(C(=O)C1(c3ccc(Cl)cc3)CCCC1)CC(=O)N2. The Kier molecular flexibility index (Phi) is 5.71. The van der Waals surface area contributed by atoms with Crippen molar-refractivity contribution in [2.75, 3.05) is 11.9 Å². The predicted octanol–water partition coefficient (Wildman–Crippen LogP) is 6.03. The van der Waals surface area contributed by atoms with E-state index in [1.807, 2.05) is 73.7 Å². The number of aryl methyl sites for hydroxylation is 1. The van der Waals surface area contributed by atoms with Crippen LogP contribution in [0.25, 0.3) is 0 Å². The Morgan fingerprint density at radius 2 is 1.70 bits per heavy atom. The minimum absolute atomic E-state index is 0.0145. The van der Waals surface area contributed by atoms with Crippen molar-refractivity contribution in [2.45, 2.75) is 44.1 Å². The summed E-state index contributed by atoms with van der Waals surface area (Å²) in [7, 11) is 0. The van der Waals surface area contributed by atoms with Crippen LogP contribution in [0.2, 0.25) is 5.02 Å². The van der Waals surface area contributed by atoms with Crippen molar-refractivity contribution in [3.63, 3.8) is 0 Å². The molecule has 5 rings (SSSR count). The van der Waals surface area contributed by atoms with Crippen LogP contribution in [0, 0.1) is 6.92 Å². The Labute approximate surface area is 199 Å². The van der Waals surface area contributed by atoms with Gasteiger partial charge in [0, 0.05) is 16.3 Å². The number of hydrogen-bond acceptors (Lipinski definition) is 2. The van der Waals surface area contributed by atoms with Crippen molar-refractivity contribution < 1.29 is 9.59 Å². The van der Waals surface area contributed by atoms with Crippen LogP contribution in [0.4, 0.5) is 5.69 Å². The first kappa shape index (κ1) is 21.7. The van der Waals surface area contributed by atoms with E-state index >= 15 is 0 Å². The summed E-state index contributed by atoms with van der Waals surface area (Å²) in [4.78, 5) is 29.3. The van der Waals surface area contributed by atoms with Crippen molar-refractivity contribution in [1.29, 1.82) is 0 Å². The number of nitrogens with one attached hydrogen (secondary N) is 1. The van der Waals surface area contributed by atoms with Crippen molar-refractivity contribution in [1.82, 2.24) is 4.90 Å². The number of amides is 2. The molecule has 0 spiro atoms. The van der Waals surface area contributed by atoms with Crippen molar-refractivity contribution >= 4 is 29.1 Å². The van der Waals surface area contributed by atoms with E-state index in [1.165, 1.54) is 0 Å². The summed E-state index contributed by atoms with van der Waals surface area (Å²) in [5, 5.41) is 3.69. The lowest BCUT2D eigenvalue weighted by Crippen LogP contribution is -2.49. The van der Waals surface area contributed by atoms with Gasteiger partial charge in [0.1, 0.15) is 6.54 Å². The number of hydrogen-bond donors (Lipinski definition) is 1. The van der Waals surface area contributed by atoms with Crippen molar-refractivity contribution in [3.8, 4) is 0 Å². The van der Waals surface area contributed by atoms with Gasteiger partial charge in [-0.3, -0.25) is 9.59 Å². The van der Waals surface area contributed by atoms with Crippen LogP contribution in [0.1, 0.15) is 54.0 Å². The smallest absolute Gasteiger partial charge is 0.244 e. The van der Waals surface area contributed by atoms with E-state index in [2.05, 4.69) is 11.4 Å². The van der Waals surface area contributed by atoms with Gasteiger partial charge in [-0.05, 0) is 49.1 Å². The van der Waals surface area contributed by atoms with Gasteiger partial charge in [0.05, 0.1) is 11.5 Å². The molecule has 1 heterocycles. The van der Waals surface area contributed by atoms with Crippen LogP contribution in [-0.2, 0) is 15.0 Å². The third kappa shape index (κ3) is 3.93. The summed E-state index contributed by atoms with van der Waals surface area (Å²) in [5.74, 6) is -0.156. The molecule has 3 aromatic rings. The number of benzene rings is 3. The van der Waals surface area contributed by atoms with Gasteiger partial charge >= 0.3 is 0 Å². The van der Waals surface area contributed by atoms with Crippen LogP contribution >= 0.6 is 11.6 Å². The number of fused-ring (bicyclic) bond motifs is 1. The fourth-order valence-electron chi connectivity index (χ4n) is 5.46. The molecule has 1 unspecified atom stereocenters. The quantitative estimate of drug-likeness (QED) is 0.520.